The van der Waals surface area contributed by atoms with Crippen molar-refractivity contribution in [2.75, 3.05) is 25.5 Å². The third kappa shape index (κ3) is 7.62. The summed E-state index contributed by atoms with van der Waals surface area (Å²) in [6.07, 6.45) is -3.43. The van der Waals surface area contributed by atoms with E-state index in [0.29, 0.717) is 12.1 Å². The van der Waals surface area contributed by atoms with E-state index in [1.54, 1.807) is 30.3 Å². The molecule has 0 saturated carbocycles. The van der Waals surface area contributed by atoms with E-state index in [-0.39, 0.29) is 36.0 Å². The van der Waals surface area contributed by atoms with Crippen LogP contribution in [0.3, 0.4) is 0 Å². The molecule has 0 radical (unpaired) electrons. The summed E-state index contributed by atoms with van der Waals surface area (Å²) in [5.74, 6) is -0.381. The van der Waals surface area contributed by atoms with Crippen LogP contribution in [-0.2, 0) is 23.4 Å². The molecule has 0 amide bonds. The van der Waals surface area contributed by atoms with Crippen LogP contribution >= 0.6 is 7.75 Å². The Balaban J connectivity index is 1.51. The molecule has 1 aliphatic heterocycles. The Morgan fingerprint density at radius 1 is 1.20 bits per heavy atom. The number of fused-ring (bicyclic) bond motifs is 1. The number of aromatic nitrogens is 3. The second-order valence-electron chi connectivity index (χ2n) is 11.3. The molecule has 1 aromatic carbocycles. The fraction of sp³-hybridized carbons (Fsp3) is 0.517. The van der Waals surface area contributed by atoms with Crippen LogP contribution in [0.4, 0.5) is 5.82 Å². The zero-order valence-electron chi connectivity index (χ0n) is 25.8. The maximum Gasteiger partial charge on any atom is 0.459 e. The molecule has 1 saturated heterocycles. The topological polar surface area (TPSA) is 207 Å². The van der Waals surface area contributed by atoms with Gasteiger partial charge < -0.3 is 29.9 Å². The fourth-order valence-electron chi connectivity index (χ4n) is 5.15. The van der Waals surface area contributed by atoms with Gasteiger partial charge in [-0.2, -0.15) is 15.4 Å². The SMILES string of the molecule is CC(C)N(CCOC(=O)[C@H](C)NP(=O)(OC[C@@]1(C#N)O[C@@H](c2ccc3c(N)ncnn23)[C@H](O)[C@@H]1O)Oc1ccccc1)C(C)C. The normalized spacial score (nSPS) is 23.7. The Labute approximate surface area is 261 Å². The van der Waals surface area contributed by atoms with Crippen LogP contribution in [-0.4, -0.2) is 91.4 Å². The van der Waals surface area contributed by atoms with Gasteiger partial charge in [0.05, 0.1) is 5.69 Å². The number of aliphatic hydroxyl groups is 2. The first-order valence-electron chi connectivity index (χ1n) is 14.5. The third-order valence-corrected chi connectivity index (χ3v) is 9.11. The van der Waals surface area contributed by atoms with Crippen molar-refractivity contribution >= 4 is 25.1 Å². The zero-order chi connectivity index (χ0) is 32.9. The van der Waals surface area contributed by atoms with Gasteiger partial charge in [-0.05, 0) is 58.9 Å². The monoisotopic (exact) mass is 645 g/mol. The number of ether oxygens (including phenoxy) is 2. The van der Waals surface area contributed by atoms with Crippen LogP contribution in [0.1, 0.15) is 46.4 Å². The highest BCUT2D eigenvalue weighted by Gasteiger charge is 2.57. The van der Waals surface area contributed by atoms with Gasteiger partial charge >= 0.3 is 13.7 Å². The van der Waals surface area contributed by atoms with Crippen molar-refractivity contribution < 1.29 is 38.1 Å². The molecule has 0 aliphatic carbocycles. The molecule has 3 aromatic rings. The van der Waals surface area contributed by atoms with Crippen LogP contribution in [0.5, 0.6) is 5.75 Å². The molecule has 0 bridgehead atoms. The maximum absolute atomic E-state index is 14.1. The van der Waals surface area contributed by atoms with Crippen molar-refractivity contribution in [3.63, 3.8) is 0 Å². The third-order valence-electron chi connectivity index (χ3n) is 7.48. The van der Waals surface area contributed by atoms with Crippen LogP contribution in [0.25, 0.3) is 5.52 Å². The van der Waals surface area contributed by atoms with E-state index in [1.165, 1.54) is 29.9 Å². The number of carbonyl (C=O) groups is 1. The van der Waals surface area contributed by atoms with Crippen LogP contribution in [0.15, 0.2) is 48.8 Å². The summed E-state index contributed by atoms with van der Waals surface area (Å²) in [6, 6.07) is 12.4. The summed E-state index contributed by atoms with van der Waals surface area (Å²) in [5.41, 5.74) is 4.43. The van der Waals surface area contributed by atoms with Gasteiger partial charge in [-0.25, -0.2) is 14.1 Å². The summed E-state index contributed by atoms with van der Waals surface area (Å²) >= 11 is 0. The molecular weight excluding hydrogens is 605 g/mol. The molecule has 244 valence electrons. The number of aliphatic hydroxyl groups excluding tert-OH is 2. The Bertz CT molecular complexity index is 1540. The number of anilines is 1. The largest absolute Gasteiger partial charge is 0.463 e. The van der Waals surface area contributed by atoms with Gasteiger partial charge in [-0.1, -0.05) is 18.2 Å². The van der Waals surface area contributed by atoms with Gasteiger partial charge in [0.1, 0.15) is 61.2 Å². The van der Waals surface area contributed by atoms with Crippen molar-refractivity contribution in [1.82, 2.24) is 24.6 Å². The van der Waals surface area contributed by atoms with Crippen LogP contribution in [0.2, 0.25) is 0 Å². The molecular formula is C29H40N7O8P. The summed E-state index contributed by atoms with van der Waals surface area (Å²) in [6.45, 7) is 9.42. The molecule has 6 atom stereocenters. The lowest BCUT2D eigenvalue weighted by Gasteiger charge is -2.30. The number of para-hydroxylation sites is 1. The number of nitrogens with two attached hydrogens (primary N) is 1. The number of hydrogen-bond acceptors (Lipinski definition) is 13. The highest BCUT2D eigenvalue weighted by Crippen LogP contribution is 2.48. The number of rotatable bonds is 14. The van der Waals surface area contributed by atoms with Crippen LogP contribution < -0.4 is 15.3 Å². The van der Waals surface area contributed by atoms with E-state index in [9.17, 15) is 24.8 Å². The Morgan fingerprint density at radius 3 is 2.53 bits per heavy atom. The first-order valence-corrected chi connectivity index (χ1v) is 16.1. The molecule has 15 nitrogen and oxygen atoms in total. The molecule has 3 heterocycles. The number of nitrogen functional groups attached to an aromatic ring is 1. The molecule has 1 unspecified atom stereocenters. The van der Waals surface area contributed by atoms with Crippen molar-refractivity contribution in [1.29, 1.82) is 5.26 Å². The maximum atomic E-state index is 14.1. The summed E-state index contributed by atoms with van der Waals surface area (Å²) in [4.78, 5) is 19.0. The average Bonchev–Trinajstić information content (AvgIpc) is 3.54. The van der Waals surface area contributed by atoms with Crippen molar-refractivity contribution in [2.24, 2.45) is 0 Å². The quantitative estimate of drug-likeness (QED) is 0.147. The molecule has 5 N–H and O–H groups in total. The standard InChI is InChI=1S/C29H40N7O8P/c1-18(2)35(19(3)4)13-14-41-28(39)20(5)34-45(40,44-21-9-7-6-8-10-21)42-16-29(15-30)26(38)24(37)25(43-29)22-11-12-23-27(31)32-17-33-36(22)23/h6-12,17-20,24-26,37-38H,13-14,16H2,1-5H3,(H,34,40)(H2,31,32,33)/t20-,24-,25-,26-,29+,45?/m0/s1. The number of nitrogens with zero attached hydrogens (tertiary/aromatic N) is 5. The minimum atomic E-state index is -4.44. The highest BCUT2D eigenvalue weighted by atomic mass is 31.2. The average molecular weight is 646 g/mol. The molecule has 16 heteroatoms. The summed E-state index contributed by atoms with van der Waals surface area (Å²) < 4.78 is 38.1. The van der Waals surface area contributed by atoms with Gasteiger partial charge in [-0.3, -0.25) is 14.2 Å². The minimum Gasteiger partial charge on any atom is -0.463 e. The highest BCUT2D eigenvalue weighted by molar-refractivity contribution is 7.52. The van der Waals surface area contributed by atoms with Crippen LogP contribution in [0, 0.1) is 11.3 Å². The molecule has 0 spiro atoms. The lowest BCUT2D eigenvalue weighted by Crippen LogP contribution is -2.46. The van der Waals surface area contributed by atoms with E-state index in [2.05, 4.69) is 20.1 Å². The van der Waals surface area contributed by atoms with E-state index in [4.69, 9.17) is 24.3 Å². The van der Waals surface area contributed by atoms with Gasteiger partial charge in [-0.15, -0.1) is 0 Å². The first kappa shape index (κ1) is 34.3. The predicted molar refractivity (Wildman–Crippen MR) is 163 cm³/mol. The number of carbonyl (C=O) groups excluding carboxylic acids is 1. The number of esters is 1. The Hall–Kier alpha value is -3.61. The number of nitrogens with one attached hydrogen (secondary N) is 1. The fourth-order valence-corrected chi connectivity index (χ4v) is 6.67. The summed E-state index contributed by atoms with van der Waals surface area (Å²) in [7, 11) is -4.44. The first-order chi connectivity index (χ1) is 21.3. The molecule has 2 aromatic heterocycles. The Morgan fingerprint density at radius 2 is 1.89 bits per heavy atom. The van der Waals surface area contributed by atoms with E-state index < -0.39 is 50.3 Å². The lowest BCUT2D eigenvalue weighted by molar-refractivity contribution is -0.146. The molecule has 1 fully saturated rings. The second-order valence-corrected chi connectivity index (χ2v) is 13.0. The van der Waals surface area contributed by atoms with Crippen molar-refractivity contribution in [3.8, 4) is 11.8 Å². The summed E-state index contributed by atoms with van der Waals surface area (Å²) in [5, 5.41) is 38.8. The van der Waals surface area contributed by atoms with E-state index >= 15 is 0 Å². The minimum absolute atomic E-state index is 0.105. The lowest BCUT2D eigenvalue weighted by atomic mass is 9.96. The van der Waals surface area contributed by atoms with Crippen molar-refractivity contribution in [3.05, 3.63) is 54.5 Å². The van der Waals surface area contributed by atoms with Crippen molar-refractivity contribution in [2.45, 2.75) is 76.7 Å². The smallest absolute Gasteiger partial charge is 0.459 e. The molecule has 4 rings (SSSR count). The number of benzene rings is 1. The number of nitriles is 1. The van der Waals surface area contributed by atoms with Gasteiger partial charge in [0.2, 0.25) is 5.60 Å². The predicted octanol–water partition coefficient (Wildman–Crippen LogP) is 2.21. The van der Waals surface area contributed by atoms with Gasteiger partial charge in [0, 0.05) is 18.6 Å². The Kier molecular flexibility index (Phi) is 10.8. The van der Waals surface area contributed by atoms with E-state index in [0.717, 1.165) is 0 Å². The molecule has 45 heavy (non-hydrogen) atoms. The van der Waals surface area contributed by atoms with Gasteiger partial charge in [0.15, 0.2) is 5.82 Å². The second kappa shape index (κ2) is 14.2. The van der Waals surface area contributed by atoms with Gasteiger partial charge in [0.25, 0.3) is 0 Å². The zero-order valence-corrected chi connectivity index (χ0v) is 26.7. The molecule has 1 aliphatic rings. The van der Waals surface area contributed by atoms with E-state index in [1.807, 2.05) is 33.8 Å². The number of hydrogen-bond donors (Lipinski definition) is 4.